The summed E-state index contributed by atoms with van der Waals surface area (Å²) in [5.74, 6) is -4.32. The van der Waals surface area contributed by atoms with E-state index in [1.807, 2.05) is 0 Å². The molecule has 1 aliphatic heterocycles. The van der Waals surface area contributed by atoms with Crippen molar-refractivity contribution in [1.29, 1.82) is 0 Å². The van der Waals surface area contributed by atoms with Gasteiger partial charge in [-0.05, 0) is 12.1 Å². The number of halogens is 3. The van der Waals surface area contributed by atoms with Gasteiger partial charge < -0.3 is 24.8 Å². The van der Waals surface area contributed by atoms with Gasteiger partial charge in [-0.2, -0.15) is 13.2 Å². The van der Waals surface area contributed by atoms with Gasteiger partial charge in [-0.15, -0.1) is 0 Å². The Kier molecular flexibility index (Phi) is 4.79. The van der Waals surface area contributed by atoms with Crippen LogP contribution in [-0.4, -0.2) is 61.3 Å². The lowest BCUT2D eigenvalue weighted by atomic mass is 10.00. The molecule has 11 heteroatoms. The van der Waals surface area contributed by atoms with Crippen LogP contribution in [0.1, 0.15) is 10.4 Å². The molecular formula is C17H15F3N2O6. The van der Waals surface area contributed by atoms with Gasteiger partial charge in [0, 0.05) is 31.9 Å². The molecule has 1 amide bonds. The first-order chi connectivity index (χ1) is 13.0. The molecule has 0 radical (unpaired) electrons. The summed E-state index contributed by atoms with van der Waals surface area (Å²) in [6, 6.07) is 4.16. The van der Waals surface area contributed by atoms with E-state index in [-0.39, 0.29) is 17.0 Å². The first kappa shape index (κ1) is 19.7. The molecule has 150 valence electrons. The number of epoxide rings is 1. The highest BCUT2D eigenvalue weighted by molar-refractivity contribution is 6.02. The van der Waals surface area contributed by atoms with Crippen molar-refractivity contribution in [3.05, 3.63) is 35.5 Å². The maximum atomic E-state index is 12.5. The number of aromatic hydroxyl groups is 1. The van der Waals surface area contributed by atoms with E-state index < -0.39 is 42.1 Å². The second-order valence-electron chi connectivity index (χ2n) is 6.40. The average Bonchev–Trinajstić information content (AvgIpc) is 3.38. The molecule has 0 bridgehead atoms. The van der Waals surface area contributed by atoms with Crippen molar-refractivity contribution in [2.24, 2.45) is 0 Å². The predicted octanol–water partition coefficient (Wildman–Crippen LogP) is 0.896. The molecule has 2 aliphatic rings. The molecule has 0 aromatic heterocycles. The van der Waals surface area contributed by atoms with Crippen LogP contribution in [0.25, 0.3) is 0 Å². The Morgan fingerprint density at radius 2 is 1.96 bits per heavy atom. The van der Waals surface area contributed by atoms with Gasteiger partial charge in [-0.1, -0.05) is 0 Å². The number of hydrogen-bond donors (Lipinski definition) is 2. The molecule has 0 saturated carbocycles. The number of fused-ring (bicyclic) bond motifs is 1. The molecule has 3 unspecified atom stereocenters. The zero-order valence-electron chi connectivity index (χ0n) is 14.6. The maximum Gasteiger partial charge on any atom is 0.490 e. The van der Waals surface area contributed by atoms with E-state index in [0.29, 0.717) is 5.69 Å². The van der Waals surface area contributed by atoms with Crippen molar-refractivity contribution >= 4 is 23.3 Å². The van der Waals surface area contributed by atoms with Gasteiger partial charge >= 0.3 is 12.1 Å². The summed E-state index contributed by atoms with van der Waals surface area (Å²) < 4.78 is 46.9. The topological polar surface area (TPSA) is 108 Å². The molecule has 1 aliphatic carbocycles. The van der Waals surface area contributed by atoms with Crippen molar-refractivity contribution in [3.8, 4) is 5.75 Å². The number of benzene rings is 1. The lowest BCUT2D eigenvalue weighted by Gasteiger charge is -2.23. The first-order valence-electron chi connectivity index (χ1n) is 7.99. The molecular weight excluding hydrogens is 385 g/mol. The number of amides is 1. The Morgan fingerprint density at radius 3 is 2.54 bits per heavy atom. The molecule has 8 nitrogen and oxygen atoms in total. The Balaban J connectivity index is 1.81. The molecule has 0 spiro atoms. The number of nitrogens with one attached hydrogen (secondary N) is 1. The SMILES string of the molecule is CN(C)c1ccc(C(=O)NC2=CC(=O)C3OC3C2OC(=O)C(F)(F)F)c(O)c1. The van der Waals surface area contributed by atoms with Crippen molar-refractivity contribution in [2.75, 3.05) is 19.0 Å². The summed E-state index contributed by atoms with van der Waals surface area (Å²) in [6.07, 6.45) is -8.13. The van der Waals surface area contributed by atoms with E-state index in [1.54, 1.807) is 19.0 Å². The van der Waals surface area contributed by atoms with Crippen LogP contribution < -0.4 is 10.2 Å². The van der Waals surface area contributed by atoms with Gasteiger partial charge in [0.1, 0.15) is 11.9 Å². The van der Waals surface area contributed by atoms with Crippen molar-refractivity contribution in [3.63, 3.8) is 0 Å². The number of ether oxygens (including phenoxy) is 2. The monoisotopic (exact) mass is 400 g/mol. The number of anilines is 1. The van der Waals surface area contributed by atoms with Crippen LogP contribution in [-0.2, 0) is 19.1 Å². The lowest BCUT2D eigenvalue weighted by molar-refractivity contribution is -0.204. The van der Waals surface area contributed by atoms with E-state index in [0.717, 1.165) is 6.08 Å². The molecule has 2 N–H and O–H groups in total. The number of nitrogens with zero attached hydrogens (tertiary/aromatic N) is 1. The van der Waals surface area contributed by atoms with Gasteiger partial charge in [-0.3, -0.25) is 9.59 Å². The van der Waals surface area contributed by atoms with Crippen molar-refractivity contribution in [1.82, 2.24) is 5.32 Å². The van der Waals surface area contributed by atoms with E-state index in [4.69, 9.17) is 4.74 Å². The highest BCUT2D eigenvalue weighted by atomic mass is 19.4. The quantitative estimate of drug-likeness (QED) is 0.571. The predicted molar refractivity (Wildman–Crippen MR) is 87.6 cm³/mol. The summed E-state index contributed by atoms with van der Waals surface area (Å²) in [7, 11) is 3.44. The molecule has 1 aromatic rings. The standard InChI is InChI=1S/C17H15F3N2O6/c1-22(2)7-3-4-8(10(23)5-7)15(25)21-9-6-11(24)13-14(27-13)12(9)28-16(26)17(18,19)20/h3-6,12-14,23H,1-2H3,(H,21,25). The van der Waals surface area contributed by atoms with E-state index in [2.05, 4.69) is 10.1 Å². The van der Waals surface area contributed by atoms with Gasteiger partial charge in [0.15, 0.2) is 18.0 Å². The summed E-state index contributed by atoms with van der Waals surface area (Å²) >= 11 is 0. The van der Waals surface area contributed by atoms with Crippen LogP contribution in [0.15, 0.2) is 30.0 Å². The fourth-order valence-electron chi connectivity index (χ4n) is 2.69. The van der Waals surface area contributed by atoms with E-state index >= 15 is 0 Å². The number of ketones is 1. The number of esters is 1. The lowest BCUT2D eigenvalue weighted by Crippen LogP contribution is -2.42. The molecule has 3 rings (SSSR count). The third-order valence-corrected chi connectivity index (χ3v) is 4.17. The fourth-order valence-corrected chi connectivity index (χ4v) is 2.69. The minimum absolute atomic E-state index is 0.182. The summed E-state index contributed by atoms with van der Waals surface area (Å²) in [5.41, 5.74) is 0.0634. The van der Waals surface area contributed by atoms with Crippen LogP contribution >= 0.6 is 0 Å². The normalized spacial score (nSPS) is 23.4. The Morgan fingerprint density at radius 1 is 1.29 bits per heavy atom. The summed E-state index contributed by atoms with van der Waals surface area (Å²) in [4.78, 5) is 37.1. The van der Waals surface area contributed by atoms with Crippen LogP contribution in [0.3, 0.4) is 0 Å². The number of rotatable bonds is 4. The van der Waals surface area contributed by atoms with E-state index in [9.17, 15) is 32.7 Å². The molecule has 1 heterocycles. The Bertz CT molecular complexity index is 880. The highest BCUT2D eigenvalue weighted by Crippen LogP contribution is 2.37. The van der Waals surface area contributed by atoms with Crippen molar-refractivity contribution in [2.45, 2.75) is 24.5 Å². The fraction of sp³-hybridized carbons (Fsp3) is 0.353. The first-order valence-corrected chi connectivity index (χ1v) is 7.99. The Labute approximate surface area is 156 Å². The second kappa shape index (κ2) is 6.82. The zero-order chi connectivity index (χ0) is 20.8. The zero-order valence-corrected chi connectivity index (χ0v) is 14.6. The number of carbonyl (C=O) groups excluding carboxylic acids is 3. The number of alkyl halides is 3. The number of carbonyl (C=O) groups is 3. The number of phenols is 1. The van der Waals surface area contributed by atoms with Gasteiger partial charge in [0.2, 0.25) is 0 Å². The summed E-state index contributed by atoms with van der Waals surface area (Å²) in [6.45, 7) is 0. The van der Waals surface area contributed by atoms with Crippen LogP contribution in [0.5, 0.6) is 5.75 Å². The third-order valence-electron chi connectivity index (χ3n) is 4.17. The van der Waals surface area contributed by atoms with Gasteiger partial charge in [0.05, 0.1) is 11.3 Å². The number of hydrogen-bond acceptors (Lipinski definition) is 7. The molecule has 1 aromatic carbocycles. The molecule has 1 fully saturated rings. The molecule has 1 saturated heterocycles. The largest absolute Gasteiger partial charge is 0.507 e. The van der Waals surface area contributed by atoms with Crippen LogP contribution in [0.4, 0.5) is 18.9 Å². The van der Waals surface area contributed by atoms with Crippen LogP contribution in [0.2, 0.25) is 0 Å². The third kappa shape index (κ3) is 3.79. The highest BCUT2D eigenvalue weighted by Gasteiger charge is 2.57. The number of phenolic OH excluding ortho intramolecular Hbond substituents is 1. The molecule has 28 heavy (non-hydrogen) atoms. The minimum Gasteiger partial charge on any atom is -0.507 e. The van der Waals surface area contributed by atoms with E-state index in [1.165, 1.54) is 18.2 Å². The van der Waals surface area contributed by atoms with Gasteiger partial charge in [0.25, 0.3) is 5.91 Å². The summed E-state index contributed by atoms with van der Waals surface area (Å²) in [5, 5.41) is 12.3. The van der Waals surface area contributed by atoms with Gasteiger partial charge in [-0.25, -0.2) is 4.79 Å². The maximum absolute atomic E-state index is 12.5. The minimum atomic E-state index is -5.25. The van der Waals surface area contributed by atoms with Crippen LogP contribution in [0, 0.1) is 0 Å². The average molecular weight is 400 g/mol. The Hall–Kier alpha value is -3.08. The molecule has 3 atom stereocenters. The van der Waals surface area contributed by atoms with Crippen molar-refractivity contribution < 1.29 is 42.1 Å². The smallest absolute Gasteiger partial charge is 0.490 e. The second-order valence-corrected chi connectivity index (χ2v) is 6.40.